The molecule has 0 saturated heterocycles. The van der Waals surface area contributed by atoms with Crippen molar-refractivity contribution in [3.8, 4) is 0 Å². The van der Waals surface area contributed by atoms with E-state index in [9.17, 15) is 9.90 Å². The predicted octanol–water partition coefficient (Wildman–Crippen LogP) is 4.10. The number of carbonyl (C=O) groups is 1. The number of aliphatic hydroxyl groups excluding tert-OH is 1. The fourth-order valence-corrected chi connectivity index (χ4v) is 3.66. The van der Waals surface area contributed by atoms with Crippen molar-refractivity contribution in [3.05, 3.63) is 45.7 Å². The van der Waals surface area contributed by atoms with Gasteiger partial charge >= 0.3 is 0 Å². The van der Waals surface area contributed by atoms with Gasteiger partial charge in [0.15, 0.2) is 5.78 Å². The van der Waals surface area contributed by atoms with Crippen molar-refractivity contribution in [2.75, 3.05) is 0 Å². The lowest BCUT2D eigenvalue weighted by Gasteiger charge is -2.36. The normalized spacial score (nSPS) is 21.9. The highest BCUT2D eigenvalue weighted by atomic mass is 32.1. The van der Waals surface area contributed by atoms with E-state index >= 15 is 0 Å². The minimum atomic E-state index is -0.410. The molecule has 3 rings (SSSR count). The summed E-state index contributed by atoms with van der Waals surface area (Å²) >= 11 is 1.51. The molecule has 0 fully saturated rings. The Morgan fingerprint density at radius 2 is 2.24 bits per heavy atom. The minimum absolute atomic E-state index is 0.0246. The molecule has 0 aliphatic heterocycles. The maximum Gasteiger partial charge on any atom is 0.167 e. The van der Waals surface area contributed by atoms with Crippen LogP contribution >= 0.6 is 11.3 Å². The summed E-state index contributed by atoms with van der Waals surface area (Å²) in [5, 5.41) is 18.4. The van der Waals surface area contributed by atoms with Crippen molar-refractivity contribution < 1.29 is 14.4 Å². The Kier molecular flexibility index (Phi) is 3.24. The van der Waals surface area contributed by atoms with Crippen LogP contribution in [0.1, 0.15) is 43.2 Å². The number of allylic oxidation sites excluding steroid dienone is 2. The smallest absolute Gasteiger partial charge is 0.167 e. The van der Waals surface area contributed by atoms with Crippen molar-refractivity contribution in [2.45, 2.75) is 33.1 Å². The van der Waals surface area contributed by atoms with Gasteiger partial charge in [0.05, 0.1) is 17.2 Å². The first kappa shape index (κ1) is 14.1. The summed E-state index contributed by atoms with van der Waals surface area (Å²) in [6.07, 6.45) is 0.368. The number of carbonyl (C=O) groups excluding carboxylic acids is 1. The number of Topliss-reactive ketones (excluding diaryl/α,β-unsaturated/α-hetero) is 1. The van der Waals surface area contributed by atoms with Crippen LogP contribution in [0.5, 0.6) is 0 Å². The minimum Gasteiger partial charge on any atom is -0.511 e. The summed E-state index contributed by atoms with van der Waals surface area (Å²) in [4.78, 5) is 12.4. The highest BCUT2D eigenvalue weighted by molar-refractivity contribution is 7.08. The van der Waals surface area contributed by atoms with Gasteiger partial charge in [-0.2, -0.15) is 11.3 Å². The molecule has 4 nitrogen and oxygen atoms in total. The second kappa shape index (κ2) is 4.84. The predicted molar refractivity (Wildman–Crippen MR) is 81.3 cm³/mol. The third-order valence-corrected chi connectivity index (χ3v) is 4.63. The van der Waals surface area contributed by atoms with Crippen molar-refractivity contribution in [1.82, 2.24) is 5.16 Å². The fourth-order valence-electron chi connectivity index (χ4n) is 3.02. The van der Waals surface area contributed by atoms with E-state index < -0.39 is 5.41 Å². The van der Waals surface area contributed by atoms with E-state index in [0.29, 0.717) is 17.8 Å². The SMILES string of the molecule is Cc1cc(C2C(O)=C(c3ccsc3)C(=O)CC2(C)C)on1. The quantitative estimate of drug-likeness (QED) is 0.907. The molecule has 0 amide bonds. The van der Waals surface area contributed by atoms with Crippen LogP contribution in [0, 0.1) is 12.3 Å². The highest BCUT2D eigenvalue weighted by Crippen LogP contribution is 2.49. The highest BCUT2D eigenvalue weighted by Gasteiger charge is 2.45. The molecule has 0 aromatic carbocycles. The Bertz CT molecular complexity index is 710. The standard InChI is InChI=1S/C16H17NO3S/c1-9-6-12(20-17-9)14-15(19)13(10-4-5-21-8-10)11(18)7-16(14,2)3/h4-6,8,14,19H,7H2,1-3H3. The zero-order valence-corrected chi connectivity index (χ0v) is 13.0. The third-order valence-electron chi connectivity index (χ3n) is 3.95. The number of thiophene rings is 1. The molecule has 2 aromatic rings. The largest absolute Gasteiger partial charge is 0.511 e. The van der Waals surface area contributed by atoms with Gasteiger partial charge in [-0.3, -0.25) is 4.79 Å². The summed E-state index contributed by atoms with van der Waals surface area (Å²) in [6.45, 7) is 5.77. The summed E-state index contributed by atoms with van der Waals surface area (Å²) in [5.41, 5.74) is 1.54. The Morgan fingerprint density at radius 3 is 2.81 bits per heavy atom. The Balaban J connectivity index is 2.17. The molecule has 1 atom stereocenters. The number of hydrogen-bond acceptors (Lipinski definition) is 5. The van der Waals surface area contributed by atoms with Crippen LogP contribution in [-0.2, 0) is 4.79 Å². The van der Waals surface area contributed by atoms with Crippen LogP contribution in [0.15, 0.2) is 33.2 Å². The average Bonchev–Trinajstić information content (AvgIpc) is 2.99. The summed E-state index contributed by atoms with van der Waals surface area (Å²) in [5.74, 6) is 0.315. The molecule has 21 heavy (non-hydrogen) atoms. The van der Waals surface area contributed by atoms with E-state index in [0.717, 1.165) is 11.3 Å². The molecule has 1 aliphatic carbocycles. The van der Waals surface area contributed by atoms with Gasteiger partial charge in [0, 0.05) is 12.5 Å². The van der Waals surface area contributed by atoms with E-state index in [2.05, 4.69) is 5.16 Å². The van der Waals surface area contributed by atoms with Crippen LogP contribution in [0.25, 0.3) is 5.57 Å². The maximum atomic E-state index is 12.4. The summed E-state index contributed by atoms with van der Waals surface area (Å²) < 4.78 is 5.36. The summed E-state index contributed by atoms with van der Waals surface area (Å²) in [7, 11) is 0. The summed E-state index contributed by atoms with van der Waals surface area (Å²) in [6, 6.07) is 3.68. The average molecular weight is 303 g/mol. The maximum absolute atomic E-state index is 12.4. The number of aromatic nitrogens is 1. The molecule has 5 heteroatoms. The molecule has 1 N–H and O–H groups in total. The first-order valence-corrected chi connectivity index (χ1v) is 7.76. The number of aliphatic hydroxyl groups is 1. The second-order valence-electron chi connectivity index (χ2n) is 6.16. The van der Waals surface area contributed by atoms with Gasteiger partial charge in [0.25, 0.3) is 0 Å². The van der Waals surface area contributed by atoms with Crippen molar-refractivity contribution in [1.29, 1.82) is 0 Å². The number of nitrogens with zero attached hydrogens (tertiary/aromatic N) is 1. The molecule has 1 aliphatic rings. The van der Waals surface area contributed by atoms with E-state index in [1.165, 1.54) is 11.3 Å². The van der Waals surface area contributed by atoms with Gasteiger partial charge in [0.2, 0.25) is 0 Å². The van der Waals surface area contributed by atoms with Crippen molar-refractivity contribution in [3.63, 3.8) is 0 Å². The second-order valence-corrected chi connectivity index (χ2v) is 6.94. The molecule has 2 aromatic heterocycles. The first-order chi connectivity index (χ1) is 9.90. The van der Waals surface area contributed by atoms with Crippen LogP contribution in [0.4, 0.5) is 0 Å². The van der Waals surface area contributed by atoms with E-state index in [-0.39, 0.29) is 17.5 Å². The van der Waals surface area contributed by atoms with Gasteiger partial charge in [-0.15, -0.1) is 0 Å². The molecule has 110 valence electrons. The molecule has 0 radical (unpaired) electrons. The molecule has 2 heterocycles. The number of aryl methyl sites for hydroxylation is 1. The number of ketones is 1. The van der Waals surface area contributed by atoms with Gasteiger partial charge in [-0.1, -0.05) is 19.0 Å². The Labute approximate surface area is 127 Å². The van der Waals surface area contributed by atoms with Crippen molar-refractivity contribution in [2.24, 2.45) is 5.41 Å². The molecule has 1 unspecified atom stereocenters. The Morgan fingerprint density at radius 1 is 1.48 bits per heavy atom. The fraction of sp³-hybridized carbons (Fsp3) is 0.375. The van der Waals surface area contributed by atoms with Crippen molar-refractivity contribution >= 4 is 22.7 Å². The molecule has 0 spiro atoms. The van der Waals surface area contributed by atoms with Gasteiger partial charge in [0.1, 0.15) is 11.5 Å². The van der Waals surface area contributed by atoms with Crippen LogP contribution in [-0.4, -0.2) is 16.0 Å². The van der Waals surface area contributed by atoms with Crippen LogP contribution < -0.4 is 0 Å². The lowest BCUT2D eigenvalue weighted by molar-refractivity contribution is -0.116. The number of hydrogen-bond donors (Lipinski definition) is 1. The monoisotopic (exact) mass is 303 g/mol. The lowest BCUT2D eigenvalue weighted by Crippen LogP contribution is -2.33. The van der Waals surface area contributed by atoms with Gasteiger partial charge in [-0.25, -0.2) is 0 Å². The van der Waals surface area contributed by atoms with E-state index in [4.69, 9.17) is 4.52 Å². The van der Waals surface area contributed by atoms with Gasteiger partial charge < -0.3 is 9.63 Å². The van der Waals surface area contributed by atoms with Crippen LogP contribution in [0.3, 0.4) is 0 Å². The van der Waals surface area contributed by atoms with Crippen LogP contribution in [0.2, 0.25) is 0 Å². The Hall–Kier alpha value is -1.88. The zero-order chi connectivity index (χ0) is 15.2. The topological polar surface area (TPSA) is 63.3 Å². The zero-order valence-electron chi connectivity index (χ0n) is 12.2. The molecule has 0 bridgehead atoms. The molecular weight excluding hydrogens is 286 g/mol. The lowest BCUT2D eigenvalue weighted by atomic mass is 9.67. The van der Waals surface area contributed by atoms with E-state index in [1.807, 2.05) is 43.7 Å². The first-order valence-electron chi connectivity index (χ1n) is 6.82. The molecule has 0 saturated carbocycles. The molecular formula is C16H17NO3S. The third kappa shape index (κ3) is 2.31. The van der Waals surface area contributed by atoms with E-state index in [1.54, 1.807) is 0 Å². The number of rotatable bonds is 2. The van der Waals surface area contributed by atoms with Gasteiger partial charge in [-0.05, 0) is 34.7 Å².